The van der Waals surface area contributed by atoms with Crippen LogP contribution >= 0.6 is 0 Å². The van der Waals surface area contributed by atoms with E-state index < -0.39 is 16.0 Å². The number of hydrogen-bond donors (Lipinski definition) is 0. The van der Waals surface area contributed by atoms with Crippen molar-refractivity contribution >= 4 is 16.0 Å². The maximum Gasteiger partial charge on any atom is 0.374 e. The second-order valence-corrected chi connectivity index (χ2v) is 9.29. The third-order valence-electron chi connectivity index (χ3n) is 5.09. The summed E-state index contributed by atoms with van der Waals surface area (Å²) in [5.74, 6) is 0.605. The Labute approximate surface area is 197 Å². The van der Waals surface area contributed by atoms with Gasteiger partial charge in [0.2, 0.25) is 15.8 Å². The quantitative estimate of drug-likeness (QED) is 0.317. The van der Waals surface area contributed by atoms with Gasteiger partial charge in [0.1, 0.15) is 31.3 Å². The molecule has 0 amide bonds. The van der Waals surface area contributed by atoms with E-state index >= 15 is 0 Å². The molecular formula is C24H25NO8S. The Balaban J connectivity index is 1.23. The lowest BCUT2D eigenvalue weighted by Crippen LogP contribution is -2.40. The molecule has 0 unspecified atom stereocenters. The number of rotatable bonds is 10. The number of para-hydroxylation sites is 1. The zero-order chi connectivity index (χ0) is 23.8. The van der Waals surface area contributed by atoms with Gasteiger partial charge in [0, 0.05) is 18.7 Å². The number of carbonyl (C=O) groups excluding carboxylic acids is 1. The van der Waals surface area contributed by atoms with Gasteiger partial charge < -0.3 is 23.4 Å². The Hall–Kier alpha value is -3.34. The van der Waals surface area contributed by atoms with Gasteiger partial charge >= 0.3 is 5.97 Å². The summed E-state index contributed by atoms with van der Waals surface area (Å²) in [7, 11) is -3.56. The fraction of sp³-hybridized carbons (Fsp3) is 0.292. The van der Waals surface area contributed by atoms with Crippen molar-refractivity contribution in [1.29, 1.82) is 0 Å². The molecule has 0 aliphatic carbocycles. The van der Waals surface area contributed by atoms with Crippen LogP contribution < -0.4 is 9.47 Å². The molecule has 1 aromatic heterocycles. The summed E-state index contributed by atoms with van der Waals surface area (Å²) in [6.07, 6.45) is 1.41. The second-order valence-electron chi connectivity index (χ2n) is 7.35. The van der Waals surface area contributed by atoms with Crippen LogP contribution in [0, 0.1) is 0 Å². The summed E-state index contributed by atoms with van der Waals surface area (Å²) in [4.78, 5) is 12.5. The molecule has 0 atom stereocenters. The highest BCUT2D eigenvalue weighted by Crippen LogP contribution is 2.21. The third kappa shape index (κ3) is 5.96. The predicted molar refractivity (Wildman–Crippen MR) is 121 cm³/mol. The van der Waals surface area contributed by atoms with Gasteiger partial charge in [-0.2, -0.15) is 4.31 Å². The number of furan rings is 1. The van der Waals surface area contributed by atoms with Crippen molar-refractivity contribution in [3.8, 4) is 11.5 Å². The van der Waals surface area contributed by atoms with Gasteiger partial charge in [-0.25, -0.2) is 13.2 Å². The maximum atomic E-state index is 12.7. The van der Waals surface area contributed by atoms with Crippen molar-refractivity contribution in [2.45, 2.75) is 11.5 Å². The van der Waals surface area contributed by atoms with Gasteiger partial charge in [-0.05, 0) is 42.5 Å². The van der Waals surface area contributed by atoms with Gasteiger partial charge in [-0.1, -0.05) is 18.2 Å². The molecule has 2 aromatic carbocycles. The summed E-state index contributed by atoms with van der Waals surface area (Å²) >= 11 is 0. The minimum Gasteiger partial charge on any atom is -0.490 e. The molecule has 9 nitrogen and oxygen atoms in total. The Morgan fingerprint density at radius 3 is 2.32 bits per heavy atom. The van der Waals surface area contributed by atoms with Crippen LogP contribution in [0.1, 0.15) is 16.1 Å². The Morgan fingerprint density at radius 1 is 0.882 bits per heavy atom. The Bertz CT molecular complexity index is 1170. The average molecular weight is 488 g/mol. The third-order valence-corrected chi connectivity index (χ3v) is 7.00. The van der Waals surface area contributed by atoms with Gasteiger partial charge in [-0.15, -0.1) is 0 Å². The van der Waals surface area contributed by atoms with E-state index in [1.54, 1.807) is 18.2 Å². The fourth-order valence-electron chi connectivity index (χ4n) is 3.31. The molecule has 1 aliphatic heterocycles. The van der Waals surface area contributed by atoms with E-state index in [1.807, 2.05) is 30.3 Å². The molecule has 0 spiro atoms. The first-order valence-corrected chi connectivity index (χ1v) is 12.2. The number of morpholine rings is 1. The zero-order valence-corrected chi connectivity index (χ0v) is 19.2. The number of nitrogens with zero attached hydrogens (tertiary/aromatic N) is 1. The lowest BCUT2D eigenvalue weighted by atomic mass is 10.2. The second kappa shape index (κ2) is 11.2. The minimum atomic E-state index is -3.56. The van der Waals surface area contributed by atoms with Crippen LogP contribution in [0.4, 0.5) is 0 Å². The molecule has 0 saturated carbocycles. The van der Waals surface area contributed by atoms with E-state index in [-0.39, 0.29) is 30.5 Å². The topological polar surface area (TPSA) is 105 Å². The first-order valence-electron chi connectivity index (χ1n) is 10.8. The molecule has 34 heavy (non-hydrogen) atoms. The van der Waals surface area contributed by atoms with Crippen molar-refractivity contribution in [2.24, 2.45) is 0 Å². The molecule has 1 saturated heterocycles. The van der Waals surface area contributed by atoms with Crippen LogP contribution in [0.2, 0.25) is 0 Å². The SMILES string of the molecule is O=C(OCCOc1ccc(S(=O)(=O)N2CCOCC2)cc1)c1occc1COc1ccccc1. The molecule has 1 fully saturated rings. The highest BCUT2D eigenvalue weighted by molar-refractivity contribution is 7.89. The van der Waals surface area contributed by atoms with Crippen LogP contribution in [-0.2, 0) is 26.1 Å². The number of sulfonamides is 1. The summed E-state index contributed by atoms with van der Waals surface area (Å²) in [6, 6.07) is 17.0. The summed E-state index contributed by atoms with van der Waals surface area (Å²) < 4.78 is 53.6. The molecule has 1 aliphatic rings. The first-order chi connectivity index (χ1) is 16.5. The lowest BCUT2D eigenvalue weighted by molar-refractivity contribution is 0.0411. The van der Waals surface area contributed by atoms with Gasteiger partial charge in [0.05, 0.1) is 24.4 Å². The largest absolute Gasteiger partial charge is 0.490 e. The molecule has 3 aromatic rings. The van der Waals surface area contributed by atoms with Gasteiger partial charge in [0.25, 0.3) is 0 Å². The van der Waals surface area contributed by atoms with Gasteiger partial charge in [0.15, 0.2) is 0 Å². The van der Waals surface area contributed by atoms with E-state index in [2.05, 4.69) is 0 Å². The molecular weight excluding hydrogens is 462 g/mol. The molecule has 2 heterocycles. The van der Waals surface area contributed by atoms with E-state index in [1.165, 1.54) is 22.7 Å². The molecule has 0 bridgehead atoms. The van der Waals surface area contributed by atoms with Crippen LogP contribution in [0.3, 0.4) is 0 Å². The molecule has 180 valence electrons. The normalized spacial score (nSPS) is 14.5. The first kappa shape index (κ1) is 23.8. The van der Waals surface area contributed by atoms with Crippen molar-refractivity contribution in [1.82, 2.24) is 4.31 Å². The van der Waals surface area contributed by atoms with Crippen LogP contribution in [0.15, 0.2) is 76.2 Å². The monoisotopic (exact) mass is 487 g/mol. The molecule has 10 heteroatoms. The average Bonchev–Trinajstić information content (AvgIpc) is 3.35. The predicted octanol–water partition coefficient (Wildman–Crippen LogP) is 3.12. The van der Waals surface area contributed by atoms with E-state index in [4.69, 9.17) is 23.4 Å². The summed E-state index contributed by atoms with van der Waals surface area (Å²) in [5, 5.41) is 0. The van der Waals surface area contributed by atoms with Crippen LogP contribution in [-0.4, -0.2) is 58.2 Å². The number of benzene rings is 2. The smallest absolute Gasteiger partial charge is 0.374 e. The summed E-state index contributed by atoms with van der Waals surface area (Å²) in [5.41, 5.74) is 0.576. The Kier molecular flexibility index (Phi) is 7.84. The van der Waals surface area contributed by atoms with E-state index in [9.17, 15) is 13.2 Å². The highest BCUT2D eigenvalue weighted by atomic mass is 32.2. The van der Waals surface area contributed by atoms with E-state index in [0.717, 1.165) is 0 Å². The number of esters is 1. The number of carbonyl (C=O) groups is 1. The maximum absolute atomic E-state index is 12.7. The van der Waals surface area contributed by atoms with E-state index in [0.29, 0.717) is 43.4 Å². The number of hydrogen-bond acceptors (Lipinski definition) is 8. The fourth-order valence-corrected chi connectivity index (χ4v) is 4.72. The molecule has 0 radical (unpaired) electrons. The van der Waals surface area contributed by atoms with Crippen molar-refractivity contribution in [3.63, 3.8) is 0 Å². The molecule has 4 rings (SSSR count). The highest BCUT2D eigenvalue weighted by Gasteiger charge is 2.26. The van der Waals surface area contributed by atoms with Crippen molar-refractivity contribution in [2.75, 3.05) is 39.5 Å². The standard InChI is InChI=1S/C24H25NO8S/c26-24(23-19(10-13-31-23)18-33-20-4-2-1-3-5-20)32-17-16-30-21-6-8-22(9-7-21)34(27,28)25-11-14-29-15-12-25/h1-10,13H,11-12,14-18H2. The minimum absolute atomic E-state index is 0.00760. The lowest BCUT2D eigenvalue weighted by Gasteiger charge is -2.26. The van der Waals surface area contributed by atoms with Crippen molar-refractivity contribution < 1.29 is 36.6 Å². The van der Waals surface area contributed by atoms with Gasteiger partial charge in [-0.3, -0.25) is 0 Å². The van der Waals surface area contributed by atoms with Crippen molar-refractivity contribution in [3.05, 3.63) is 78.3 Å². The summed E-state index contributed by atoms with van der Waals surface area (Å²) in [6.45, 7) is 1.70. The van der Waals surface area contributed by atoms with Crippen LogP contribution in [0.5, 0.6) is 11.5 Å². The number of ether oxygens (including phenoxy) is 4. The van der Waals surface area contributed by atoms with Crippen LogP contribution in [0.25, 0.3) is 0 Å². The zero-order valence-electron chi connectivity index (χ0n) is 18.4. The molecule has 0 N–H and O–H groups in total. The Morgan fingerprint density at radius 2 is 1.59 bits per heavy atom.